The van der Waals surface area contributed by atoms with Gasteiger partial charge in [0.25, 0.3) is 0 Å². The fraction of sp³-hybridized carbons (Fsp3) is 0.154. The van der Waals surface area contributed by atoms with Gasteiger partial charge in [-0.05, 0) is 12.1 Å². The highest BCUT2D eigenvalue weighted by molar-refractivity contribution is 5.86. The maximum atomic E-state index is 10.7. The van der Waals surface area contributed by atoms with Crippen molar-refractivity contribution in [2.75, 3.05) is 18.0 Å². The van der Waals surface area contributed by atoms with Crippen LogP contribution in [0.2, 0.25) is 0 Å². The molecule has 0 aliphatic carbocycles. The van der Waals surface area contributed by atoms with Crippen LogP contribution in [0.3, 0.4) is 0 Å². The molecule has 0 radical (unpaired) electrons. The molecule has 6 heteroatoms. The number of hydrogen-bond acceptors (Lipinski definition) is 5. The summed E-state index contributed by atoms with van der Waals surface area (Å²) in [4.78, 5) is 16.9. The van der Waals surface area contributed by atoms with E-state index in [1.54, 1.807) is 0 Å². The second-order valence-electron chi connectivity index (χ2n) is 4.14. The molecule has 1 aromatic carbocycles. The minimum absolute atomic E-state index is 0.161. The van der Waals surface area contributed by atoms with Gasteiger partial charge < -0.3 is 14.5 Å². The van der Waals surface area contributed by atoms with Crippen LogP contribution in [0.4, 0.5) is 5.69 Å². The Bertz CT molecular complexity index is 631. The summed E-state index contributed by atoms with van der Waals surface area (Å²) < 4.78 is 4.73. The smallest absolute Gasteiger partial charge is 0.374 e. The van der Waals surface area contributed by atoms with Crippen LogP contribution in [-0.2, 0) is 0 Å². The molecule has 1 aromatic heterocycles. The van der Waals surface area contributed by atoms with Crippen molar-refractivity contribution in [3.8, 4) is 11.3 Å². The average molecular weight is 257 g/mol. The summed E-state index contributed by atoms with van der Waals surface area (Å²) in [6.07, 6.45) is 1.81. The van der Waals surface area contributed by atoms with Crippen LogP contribution in [0, 0.1) is 0 Å². The van der Waals surface area contributed by atoms with E-state index in [4.69, 9.17) is 9.63 Å². The molecule has 1 N–H and O–H groups in total. The lowest BCUT2D eigenvalue weighted by Gasteiger charge is -2.13. The Kier molecular flexibility index (Phi) is 2.75. The topological polar surface area (TPSA) is 78.9 Å². The molecule has 0 bridgehead atoms. The van der Waals surface area contributed by atoms with Crippen molar-refractivity contribution in [2.45, 2.75) is 0 Å². The number of carboxylic acid groups (broad SMARTS) is 1. The largest absolute Gasteiger partial charge is 0.475 e. The van der Waals surface area contributed by atoms with Crippen molar-refractivity contribution < 1.29 is 14.4 Å². The number of aliphatic imine (C=N–C) groups is 1. The maximum Gasteiger partial charge on any atom is 0.374 e. The number of carbonyl (C=O) groups is 1. The zero-order valence-electron chi connectivity index (χ0n) is 9.98. The van der Waals surface area contributed by atoms with Crippen molar-refractivity contribution in [2.24, 2.45) is 4.99 Å². The van der Waals surface area contributed by atoms with Crippen molar-refractivity contribution >= 4 is 18.0 Å². The van der Waals surface area contributed by atoms with Crippen molar-refractivity contribution in [3.05, 3.63) is 36.1 Å². The van der Waals surface area contributed by atoms with E-state index in [1.165, 1.54) is 6.07 Å². The Balaban J connectivity index is 1.85. The van der Waals surface area contributed by atoms with Gasteiger partial charge in [0.2, 0.25) is 5.76 Å². The van der Waals surface area contributed by atoms with E-state index in [0.717, 1.165) is 24.3 Å². The monoisotopic (exact) mass is 257 g/mol. The first-order valence-electron chi connectivity index (χ1n) is 5.81. The Morgan fingerprint density at radius 2 is 2.11 bits per heavy atom. The van der Waals surface area contributed by atoms with Gasteiger partial charge in [-0.2, -0.15) is 0 Å². The van der Waals surface area contributed by atoms with Crippen LogP contribution in [0.1, 0.15) is 10.6 Å². The first-order valence-corrected chi connectivity index (χ1v) is 5.81. The molecule has 19 heavy (non-hydrogen) atoms. The normalized spacial score (nSPS) is 14.0. The van der Waals surface area contributed by atoms with Crippen LogP contribution in [-0.4, -0.2) is 35.7 Å². The average Bonchev–Trinajstić information content (AvgIpc) is 3.11. The molecule has 2 heterocycles. The molecule has 0 saturated heterocycles. The lowest BCUT2D eigenvalue weighted by molar-refractivity contribution is 0.0652. The number of rotatable bonds is 3. The highest BCUT2D eigenvalue weighted by Crippen LogP contribution is 2.23. The lowest BCUT2D eigenvalue weighted by atomic mass is 10.1. The molecule has 0 fully saturated rings. The van der Waals surface area contributed by atoms with Gasteiger partial charge in [-0.15, -0.1) is 0 Å². The van der Waals surface area contributed by atoms with E-state index >= 15 is 0 Å². The third kappa shape index (κ3) is 2.20. The molecule has 96 valence electrons. The molecule has 0 saturated carbocycles. The third-order valence-electron chi connectivity index (χ3n) is 2.91. The summed E-state index contributed by atoms with van der Waals surface area (Å²) in [5.41, 5.74) is 2.38. The minimum Gasteiger partial charge on any atom is -0.475 e. The van der Waals surface area contributed by atoms with Crippen molar-refractivity contribution in [1.29, 1.82) is 0 Å². The Labute approximate surface area is 109 Å². The molecule has 0 spiro atoms. The molecule has 1 aliphatic rings. The predicted molar refractivity (Wildman–Crippen MR) is 69.6 cm³/mol. The molecule has 3 rings (SSSR count). The lowest BCUT2D eigenvalue weighted by Crippen LogP contribution is -2.17. The number of aromatic carboxylic acids is 1. The van der Waals surface area contributed by atoms with Crippen LogP contribution in [0.15, 0.2) is 39.8 Å². The van der Waals surface area contributed by atoms with Crippen molar-refractivity contribution in [3.63, 3.8) is 0 Å². The summed E-state index contributed by atoms with van der Waals surface area (Å²) in [6.45, 7) is 1.69. The minimum atomic E-state index is -1.12. The Hall–Kier alpha value is -2.63. The van der Waals surface area contributed by atoms with Gasteiger partial charge in [0.15, 0.2) is 0 Å². The van der Waals surface area contributed by atoms with Crippen LogP contribution in [0.25, 0.3) is 11.3 Å². The summed E-state index contributed by atoms with van der Waals surface area (Å²) in [6, 6.07) is 9.06. The zero-order chi connectivity index (χ0) is 13.2. The molecule has 0 unspecified atom stereocenters. The first-order chi connectivity index (χ1) is 9.24. The molecule has 6 nitrogen and oxygen atoms in total. The third-order valence-corrected chi connectivity index (χ3v) is 2.91. The van der Waals surface area contributed by atoms with Gasteiger partial charge in [-0.1, -0.05) is 17.3 Å². The van der Waals surface area contributed by atoms with Gasteiger partial charge >= 0.3 is 5.97 Å². The van der Waals surface area contributed by atoms with E-state index in [-0.39, 0.29) is 5.76 Å². The Morgan fingerprint density at radius 1 is 1.32 bits per heavy atom. The molecule has 1 aliphatic heterocycles. The molecule has 2 aromatic rings. The summed E-state index contributed by atoms with van der Waals surface area (Å²) >= 11 is 0. The number of aromatic nitrogens is 1. The quantitative estimate of drug-likeness (QED) is 0.908. The van der Waals surface area contributed by atoms with Gasteiger partial charge in [-0.25, -0.2) is 4.79 Å². The highest BCUT2D eigenvalue weighted by Gasteiger charge is 2.13. The molecular weight excluding hydrogens is 246 g/mol. The SMILES string of the molecule is O=C(O)c1cc(-c2ccc(N3C=NCC3)cc2)no1. The fourth-order valence-corrected chi connectivity index (χ4v) is 1.91. The number of carboxylic acids is 1. The number of hydrogen-bond donors (Lipinski definition) is 1. The molecule has 0 atom stereocenters. The Morgan fingerprint density at radius 3 is 2.68 bits per heavy atom. The number of anilines is 1. The first kappa shape index (κ1) is 11.5. The summed E-state index contributed by atoms with van der Waals surface area (Å²) in [5.74, 6) is -1.28. The molecule has 0 amide bonds. The van der Waals surface area contributed by atoms with Crippen molar-refractivity contribution in [1.82, 2.24) is 5.16 Å². The van der Waals surface area contributed by atoms with E-state index in [1.807, 2.05) is 30.6 Å². The number of nitrogens with zero attached hydrogens (tertiary/aromatic N) is 3. The summed E-state index contributed by atoms with van der Waals surface area (Å²) in [7, 11) is 0. The second-order valence-corrected chi connectivity index (χ2v) is 4.14. The van der Waals surface area contributed by atoms with Gasteiger partial charge in [0, 0.05) is 23.9 Å². The van der Waals surface area contributed by atoms with E-state index in [9.17, 15) is 4.79 Å². The van der Waals surface area contributed by atoms with Gasteiger partial charge in [0.05, 0.1) is 12.9 Å². The van der Waals surface area contributed by atoms with Crippen LogP contribution in [0.5, 0.6) is 0 Å². The van der Waals surface area contributed by atoms with Crippen LogP contribution >= 0.6 is 0 Å². The zero-order valence-corrected chi connectivity index (χ0v) is 9.98. The van der Waals surface area contributed by atoms with Gasteiger partial charge in [0.1, 0.15) is 5.69 Å². The van der Waals surface area contributed by atoms with E-state index < -0.39 is 5.97 Å². The van der Waals surface area contributed by atoms with E-state index in [0.29, 0.717) is 5.69 Å². The second kappa shape index (κ2) is 4.56. The van der Waals surface area contributed by atoms with Gasteiger partial charge in [-0.3, -0.25) is 4.99 Å². The molecular formula is C13H11N3O3. The number of benzene rings is 1. The van der Waals surface area contributed by atoms with E-state index in [2.05, 4.69) is 15.0 Å². The maximum absolute atomic E-state index is 10.7. The fourth-order valence-electron chi connectivity index (χ4n) is 1.91. The predicted octanol–water partition coefficient (Wildman–Crippen LogP) is 1.89. The highest BCUT2D eigenvalue weighted by atomic mass is 16.5. The summed E-state index contributed by atoms with van der Waals surface area (Å²) in [5, 5.41) is 12.5. The standard InChI is InChI=1S/C13H11N3O3/c17-13(18)12-7-11(15-19-12)9-1-3-10(4-2-9)16-6-5-14-8-16/h1-4,7-8H,5-6H2,(H,17,18). The van der Waals surface area contributed by atoms with Crippen LogP contribution < -0.4 is 4.90 Å².